The number of thiophene rings is 1. The Balaban J connectivity index is 1.57. The van der Waals surface area contributed by atoms with Crippen molar-refractivity contribution in [1.82, 2.24) is 19.2 Å². The van der Waals surface area contributed by atoms with Gasteiger partial charge in [0.05, 0.1) is 27.2 Å². The fourth-order valence-electron chi connectivity index (χ4n) is 2.89. The van der Waals surface area contributed by atoms with Gasteiger partial charge in [0.15, 0.2) is 6.61 Å². The summed E-state index contributed by atoms with van der Waals surface area (Å²) in [6, 6.07) is 7.92. The Morgan fingerprint density at radius 2 is 1.97 bits per heavy atom. The molecule has 12 heteroatoms. The van der Waals surface area contributed by atoms with Crippen LogP contribution in [0.3, 0.4) is 0 Å². The molecule has 2 aromatic heterocycles. The van der Waals surface area contributed by atoms with Gasteiger partial charge in [0.25, 0.3) is 11.8 Å². The van der Waals surface area contributed by atoms with E-state index in [-0.39, 0.29) is 17.7 Å². The molecule has 0 unspecified atom stereocenters. The van der Waals surface area contributed by atoms with Crippen molar-refractivity contribution in [2.75, 3.05) is 20.7 Å². The molecule has 0 aliphatic rings. The molecule has 170 valence electrons. The fourth-order valence-corrected chi connectivity index (χ4v) is 4.43. The molecule has 2 amide bonds. The lowest BCUT2D eigenvalue weighted by Crippen LogP contribution is -2.33. The number of rotatable bonds is 8. The quantitative estimate of drug-likeness (QED) is 0.484. The molecule has 0 saturated heterocycles. The maximum Gasteiger partial charge on any atom is 0.306 e. The molecule has 3 aromatic rings. The summed E-state index contributed by atoms with van der Waals surface area (Å²) in [5.74, 6) is -1.31. The Bertz CT molecular complexity index is 1260. The van der Waals surface area contributed by atoms with E-state index in [0.29, 0.717) is 16.2 Å². The number of nitrogens with one attached hydrogen (secondary N) is 1. The van der Waals surface area contributed by atoms with Gasteiger partial charge in [-0.25, -0.2) is 17.7 Å². The monoisotopic (exact) mass is 478 g/mol. The number of ether oxygens (including phenoxy) is 1. The van der Waals surface area contributed by atoms with E-state index in [0.717, 1.165) is 9.82 Å². The number of benzene rings is 1. The maximum atomic E-state index is 12.3. The second-order valence-electron chi connectivity index (χ2n) is 7.04. The van der Waals surface area contributed by atoms with Crippen molar-refractivity contribution in [2.24, 2.45) is 7.05 Å². The van der Waals surface area contributed by atoms with Crippen molar-refractivity contribution in [3.05, 3.63) is 46.4 Å². The van der Waals surface area contributed by atoms with E-state index in [2.05, 4.69) is 10.3 Å². The summed E-state index contributed by atoms with van der Waals surface area (Å²) >= 11 is 1.19. The van der Waals surface area contributed by atoms with Crippen LogP contribution >= 0.6 is 11.3 Å². The number of sulfonamides is 1. The van der Waals surface area contributed by atoms with Gasteiger partial charge in [0.1, 0.15) is 5.82 Å². The number of amides is 2. The van der Waals surface area contributed by atoms with Crippen LogP contribution in [0.4, 0.5) is 0 Å². The topological polar surface area (TPSA) is 128 Å². The van der Waals surface area contributed by atoms with Gasteiger partial charge in [-0.15, -0.1) is 11.3 Å². The number of carbonyl (C=O) groups excluding carboxylic acids is 3. The third kappa shape index (κ3) is 5.21. The number of carbonyl (C=O) groups is 3. The number of hydrogen-bond donors (Lipinski definition) is 1. The number of imidazole rings is 1. The fraction of sp³-hybridized carbons (Fsp3) is 0.300. The molecule has 1 N–H and O–H groups in total. The van der Waals surface area contributed by atoms with Crippen molar-refractivity contribution in [3.8, 4) is 0 Å². The Labute approximate surface area is 188 Å². The molecule has 0 aliphatic heterocycles. The van der Waals surface area contributed by atoms with E-state index in [1.54, 1.807) is 35.2 Å². The second kappa shape index (κ2) is 9.59. The van der Waals surface area contributed by atoms with Crippen molar-refractivity contribution >= 4 is 50.2 Å². The lowest BCUT2D eigenvalue weighted by Gasteiger charge is -2.10. The highest BCUT2D eigenvalue weighted by molar-refractivity contribution is 7.89. The van der Waals surface area contributed by atoms with Gasteiger partial charge in [-0.2, -0.15) is 0 Å². The Hall–Kier alpha value is -3.09. The van der Waals surface area contributed by atoms with Crippen molar-refractivity contribution in [3.63, 3.8) is 0 Å². The number of hydrogen-bond acceptors (Lipinski definition) is 8. The van der Waals surface area contributed by atoms with Crippen LogP contribution in [0.25, 0.3) is 11.0 Å². The molecule has 2 heterocycles. The third-order valence-corrected chi connectivity index (χ3v) is 7.32. The van der Waals surface area contributed by atoms with E-state index in [1.165, 1.54) is 37.6 Å². The van der Waals surface area contributed by atoms with E-state index in [4.69, 9.17) is 4.74 Å². The highest BCUT2D eigenvalue weighted by Crippen LogP contribution is 2.22. The summed E-state index contributed by atoms with van der Waals surface area (Å²) in [6.45, 7) is -0.565. The summed E-state index contributed by atoms with van der Waals surface area (Å²) in [7, 11) is 1.08. The zero-order chi connectivity index (χ0) is 23.5. The molecule has 3 rings (SSSR count). The third-order valence-electron chi connectivity index (χ3n) is 4.64. The standard InChI is InChI=1S/C20H22N4O6S2/c1-23(2)32(28,29)13-6-7-15-14(11-13)21-17(24(15)3)8-9-19(26)30-12-18(25)22-20(27)16-5-4-10-31-16/h4-7,10-11H,8-9,12H2,1-3H3,(H,22,25,27). The van der Waals surface area contributed by atoms with Crippen LogP contribution in [-0.2, 0) is 37.8 Å². The Kier molecular flexibility index (Phi) is 7.06. The first-order valence-corrected chi connectivity index (χ1v) is 11.8. The Morgan fingerprint density at radius 1 is 1.22 bits per heavy atom. The first-order chi connectivity index (χ1) is 15.1. The summed E-state index contributed by atoms with van der Waals surface area (Å²) < 4.78 is 32.5. The molecule has 10 nitrogen and oxygen atoms in total. The predicted octanol–water partition coefficient (Wildman–Crippen LogP) is 1.32. The number of aromatic nitrogens is 2. The van der Waals surface area contributed by atoms with Crippen LogP contribution in [-0.4, -0.2) is 60.8 Å². The van der Waals surface area contributed by atoms with Crippen LogP contribution in [0.5, 0.6) is 0 Å². The maximum absolute atomic E-state index is 12.3. The molecule has 0 saturated carbocycles. The average Bonchev–Trinajstić information content (AvgIpc) is 3.39. The van der Waals surface area contributed by atoms with E-state index >= 15 is 0 Å². The normalized spacial score (nSPS) is 11.6. The average molecular weight is 479 g/mol. The zero-order valence-electron chi connectivity index (χ0n) is 17.7. The van der Waals surface area contributed by atoms with Gasteiger partial charge in [-0.1, -0.05) is 6.07 Å². The van der Waals surface area contributed by atoms with Crippen molar-refractivity contribution in [1.29, 1.82) is 0 Å². The highest BCUT2D eigenvalue weighted by atomic mass is 32.2. The van der Waals surface area contributed by atoms with Crippen molar-refractivity contribution in [2.45, 2.75) is 17.7 Å². The molecule has 0 fully saturated rings. The second-order valence-corrected chi connectivity index (χ2v) is 10.1. The van der Waals surface area contributed by atoms with Crippen LogP contribution in [0.1, 0.15) is 21.9 Å². The summed E-state index contributed by atoms with van der Waals surface area (Å²) in [6.07, 6.45) is 0.196. The van der Waals surface area contributed by atoms with Gasteiger partial charge >= 0.3 is 5.97 Å². The van der Waals surface area contributed by atoms with Crippen LogP contribution in [0.2, 0.25) is 0 Å². The molecule has 0 spiro atoms. The molecular formula is C20H22N4O6S2. The number of nitrogens with zero attached hydrogens (tertiary/aromatic N) is 3. The number of imide groups is 1. The van der Waals surface area contributed by atoms with Gasteiger partial charge in [0.2, 0.25) is 10.0 Å². The first kappa shape index (κ1) is 23.6. The molecule has 0 bridgehead atoms. The van der Waals surface area contributed by atoms with Crippen LogP contribution < -0.4 is 5.32 Å². The molecule has 1 aromatic carbocycles. The van der Waals surface area contributed by atoms with Gasteiger partial charge in [0, 0.05) is 27.6 Å². The minimum absolute atomic E-state index is 0.0355. The van der Waals surface area contributed by atoms with Gasteiger partial charge in [-0.3, -0.25) is 19.7 Å². The van der Waals surface area contributed by atoms with Crippen LogP contribution in [0, 0.1) is 0 Å². The Morgan fingerprint density at radius 3 is 2.62 bits per heavy atom. The van der Waals surface area contributed by atoms with E-state index < -0.39 is 34.4 Å². The predicted molar refractivity (Wildman–Crippen MR) is 118 cm³/mol. The van der Waals surface area contributed by atoms with E-state index in [9.17, 15) is 22.8 Å². The SMILES string of the molecule is CN(C)S(=O)(=O)c1ccc2c(c1)nc(CCC(=O)OCC(=O)NC(=O)c1cccs1)n2C. The summed E-state index contributed by atoms with van der Waals surface area (Å²) in [4.78, 5) is 40.5. The highest BCUT2D eigenvalue weighted by Gasteiger charge is 2.19. The van der Waals surface area contributed by atoms with Crippen molar-refractivity contribution < 1.29 is 27.5 Å². The number of fused-ring (bicyclic) bond motifs is 1. The smallest absolute Gasteiger partial charge is 0.306 e. The zero-order valence-corrected chi connectivity index (χ0v) is 19.3. The summed E-state index contributed by atoms with van der Waals surface area (Å²) in [5, 5.41) is 3.86. The first-order valence-electron chi connectivity index (χ1n) is 9.51. The molecule has 0 aliphatic carbocycles. The number of aryl methyl sites for hydroxylation is 2. The summed E-state index contributed by atoms with van der Waals surface area (Å²) in [5.41, 5.74) is 1.21. The lowest BCUT2D eigenvalue weighted by molar-refractivity contribution is -0.148. The minimum Gasteiger partial charge on any atom is -0.456 e. The lowest BCUT2D eigenvalue weighted by atomic mass is 10.3. The molecule has 0 radical (unpaired) electrons. The van der Waals surface area contributed by atoms with Gasteiger partial charge < -0.3 is 9.30 Å². The van der Waals surface area contributed by atoms with Crippen LogP contribution in [0.15, 0.2) is 40.6 Å². The minimum atomic E-state index is -3.59. The molecular weight excluding hydrogens is 456 g/mol. The molecule has 32 heavy (non-hydrogen) atoms. The van der Waals surface area contributed by atoms with E-state index in [1.807, 2.05) is 0 Å². The number of esters is 1. The van der Waals surface area contributed by atoms with Gasteiger partial charge in [-0.05, 0) is 29.6 Å². The molecule has 0 atom stereocenters. The largest absolute Gasteiger partial charge is 0.456 e.